The van der Waals surface area contributed by atoms with Crippen LogP contribution >= 0.6 is 0 Å². The number of benzene rings is 1. The SMILES string of the molecule is COc1cccc(CNC(=O)c2cc3occc3n2C)c1. The summed E-state index contributed by atoms with van der Waals surface area (Å²) < 4.78 is 12.3. The number of rotatable bonds is 4. The monoisotopic (exact) mass is 284 g/mol. The molecule has 0 bridgehead atoms. The van der Waals surface area contributed by atoms with Crippen molar-refractivity contribution in [2.24, 2.45) is 7.05 Å². The number of amides is 1. The summed E-state index contributed by atoms with van der Waals surface area (Å²) in [5.41, 5.74) is 3.18. The average Bonchev–Trinajstić information content (AvgIpc) is 3.08. The van der Waals surface area contributed by atoms with Crippen molar-refractivity contribution in [3.8, 4) is 5.75 Å². The molecule has 0 radical (unpaired) electrons. The third-order valence-electron chi connectivity index (χ3n) is 3.48. The summed E-state index contributed by atoms with van der Waals surface area (Å²) in [6, 6.07) is 11.2. The van der Waals surface area contributed by atoms with E-state index in [1.165, 1.54) is 0 Å². The van der Waals surface area contributed by atoms with Gasteiger partial charge < -0.3 is 19.0 Å². The Kier molecular flexibility index (Phi) is 3.39. The van der Waals surface area contributed by atoms with Crippen LogP contribution in [0.2, 0.25) is 0 Å². The zero-order chi connectivity index (χ0) is 14.8. The third kappa shape index (κ3) is 2.50. The molecule has 0 unspecified atom stereocenters. The lowest BCUT2D eigenvalue weighted by atomic mass is 10.2. The number of fused-ring (bicyclic) bond motifs is 1. The number of carbonyl (C=O) groups excluding carboxylic acids is 1. The summed E-state index contributed by atoms with van der Waals surface area (Å²) in [6.45, 7) is 0.447. The highest BCUT2D eigenvalue weighted by Crippen LogP contribution is 2.19. The second-order valence-corrected chi connectivity index (χ2v) is 4.79. The Balaban J connectivity index is 1.74. The molecule has 0 saturated heterocycles. The van der Waals surface area contributed by atoms with E-state index in [-0.39, 0.29) is 5.91 Å². The molecule has 0 aliphatic heterocycles. The van der Waals surface area contributed by atoms with Gasteiger partial charge >= 0.3 is 0 Å². The van der Waals surface area contributed by atoms with Crippen molar-refractivity contribution in [2.45, 2.75) is 6.54 Å². The molecule has 3 aromatic rings. The fourth-order valence-electron chi connectivity index (χ4n) is 2.32. The Morgan fingerprint density at radius 1 is 1.33 bits per heavy atom. The Morgan fingerprint density at radius 3 is 2.95 bits per heavy atom. The van der Waals surface area contributed by atoms with Crippen LogP contribution in [0.4, 0.5) is 0 Å². The van der Waals surface area contributed by atoms with Crippen LogP contribution in [0.15, 0.2) is 47.1 Å². The fraction of sp³-hybridized carbons (Fsp3) is 0.188. The van der Waals surface area contributed by atoms with Crippen LogP contribution in [0.5, 0.6) is 5.75 Å². The smallest absolute Gasteiger partial charge is 0.268 e. The van der Waals surface area contributed by atoms with Gasteiger partial charge in [-0.15, -0.1) is 0 Å². The molecule has 0 aliphatic carbocycles. The lowest BCUT2D eigenvalue weighted by molar-refractivity contribution is 0.0943. The van der Waals surface area contributed by atoms with Gasteiger partial charge in [0.1, 0.15) is 11.4 Å². The van der Waals surface area contributed by atoms with E-state index in [0.717, 1.165) is 16.8 Å². The average molecular weight is 284 g/mol. The molecule has 0 spiro atoms. The van der Waals surface area contributed by atoms with Crippen molar-refractivity contribution in [3.05, 3.63) is 53.9 Å². The molecule has 0 atom stereocenters. The Morgan fingerprint density at radius 2 is 2.19 bits per heavy atom. The fourth-order valence-corrected chi connectivity index (χ4v) is 2.32. The topological polar surface area (TPSA) is 56.4 Å². The molecule has 0 aliphatic rings. The Labute approximate surface area is 122 Å². The van der Waals surface area contributed by atoms with Crippen LogP contribution in [0.25, 0.3) is 11.1 Å². The number of ether oxygens (including phenoxy) is 1. The van der Waals surface area contributed by atoms with Gasteiger partial charge in [-0.2, -0.15) is 0 Å². The van der Waals surface area contributed by atoms with Crippen molar-refractivity contribution < 1.29 is 13.9 Å². The van der Waals surface area contributed by atoms with Gasteiger partial charge in [-0.05, 0) is 17.7 Å². The number of hydrogen-bond acceptors (Lipinski definition) is 3. The molecule has 108 valence electrons. The largest absolute Gasteiger partial charge is 0.497 e. The predicted octanol–water partition coefficient (Wildman–Crippen LogP) is 2.71. The first kappa shape index (κ1) is 13.3. The number of furan rings is 1. The predicted molar refractivity (Wildman–Crippen MR) is 79.3 cm³/mol. The van der Waals surface area contributed by atoms with E-state index in [2.05, 4.69) is 5.32 Å². The molecule has 5 nitrogen and oxygen atoms in total. The molecule has 1 aromatic carbocycles. The Hall–Kier alpha value is -2.69. The zero-order valence-electron chi connectivity index (χ0n) is 11.9. The highest BCUT2D eigenvalue weighted by Gasteiger charge is 2.14. The number of carbonyl (C=O) groups is 1. The number of hydrogen-bond donors (Lipinski definition) is 1. The molecular weight excluding hydrogens is 268 g/mol. The highest BCUT2D eigenvalue weighted by atomic mass is 16.5. The number of methoxy groups -OCH3 is 1. The van der Waals surface area contributed by atoms with Crippen molar-refractivity contribution in [2.75, 3.05) is 7.11 Å². The van der Waals surface area contributed by atoms with Gasteiger partial charge in [0.25, 0.3) is 5.91 Å². The van der Waals surface area contributed by atoms with E-state index < -0.39 is 0 Å². The van der Waals surface area contributed by atoms with E-state index >= 15 is 0 Å². The zero-order valence-corrected chi connectivity index (χ0v) is 11.9. The van der Waals surface area contributed by atoms with E-state index in [9.17, 15) is 4.79 Å². The molecule has 2 heterocycles. The summed E-state index contributed by atoms with van der Waals surface area (Å²) in [5, 5.41) is 2.90. The van der Waals surface area contributed by atoms with Crippen molar-refractivity contribution in [1.82, 2.24) is 9.88 Å². The van der Waals surface area contributed by atoms with E-state index in [1.807, 2.05) is 41.9 Å². The first-order chi connectivity index (χ1) is 10.2. The molecule has 1 N–H and O–H groups in total. The van der Waals surface area contributed by atoms with Gasteiger partial charge in [0.15, 0.2) is 5.58 Å². The van der Waals surface area contributed by atoms with Crippen molar-refractivity contribution >= 4 is 17.0 Å². The molecule has 0 fully saturated rings. The first-order valence-corrected chi connectivity index (χ1v) is 6.63. The van der Waals surface area contributed by atoms with Gasteiger partial charge in [-0.3, -0.25) is 4.79 Å². The first-order valence-electron chi connectivity index (χ1n) is 6.63. The molecular formula is C16H16N2O3. The Bertz CT molecular complexity index is 786. The number of nitrogens with zero attached hydrogens (tertiary/aromatic N) is 1. The van der Waals surface area contributed by atoms with Gasteiger partial charge in [0.2, 0.25) is 0 Å². The van der Waals surface area contributed by atoms with E-state index in [1.54, 1.807) is 19.4 Å². The van der Waals surface area contributed by atoms with Crippen LogP contribution < -0.4 is 10.1 Å². The minimum atomic E-state index is -0.133. The lowest BCUT2D eigenvalue weighted by Gasteiger charge is -2.07. The number of aryl methyl sites for hydroxylation is 1. The summed E-state index contributed by atoms with van der Waals surface area (Å²) in [5.74, 6) is 0.643. The van der Waals surface area contributed by atoms with Crippen molar-refractivity contribution in [1.29, 1.82) is 0 Å². The quantitative estimate of drug-likeness (QED) is 0.801. The van der Waals surface area contributed by atoms with E-state index in [0.29, 0.717) is 17.8 Å². The maximum absolute atomic E-state index is 12.3. The van der Waals surface area contributed by atoms with Crippen LogP contribution in [-0.2, 0) is 13.6 Å². The molecule has 5 heteroatoms. The number of aromatic nitrogens is 1. The van der Waals surface area contributed by atoms with Gasteiger partial charge in [0.05, 0.1) is 18.9 Å². The summed E-state index contributed by atoms with van der Waals surface area (Å²) in [7, 11) is 3.47. The molecule has 21 heavy (non-hydrogen) atoms. The van der Waals surface area contributed by atoms with Crippen LogP contribution in [0.3, 0.4) is 0 Å². The second-order valence-electron chi connectivity index (χ2n) is 4.79. The highest BCUT2D eigenvalue weighted by molar-refractivity contribution is 5.97. The van der Waals surface area contributed by atoms with Gasteiger partial charge in [0, 0.05) is 25.7 Å². The van der Waals surface area contributed by atoms with Gasteiger partial charge in [-0.1, -0.05) is 12.1 Å². The van der Waals surface area contributed by atoms with Crippen molar-refractivity contribution in [3.63, 3.8) is 0 Å². The minimum Gasteiger partial charge on any atom is -0.497 e. The lowest BCUT2D eigenvalue weighted by Crippen LogP contribution is -2.24. The maximum Gasteiger partial charge on any atom is 0.268 e. The molecule has 2 aromatic heterocycles. The summed E-state index contributed by atoms with van der Waals surface area (Å²) in [6.07, 6.45) is 1.61. The molecule has 0 saturated carbocycles. The van der Waals surface area contributed by atoms with Crippen LogP contribution in [0.1, 0.15) is 16.1 Å². The number of nitrogens with one attached hydrogen (secondary N) is 1. The summed E-state index contributed by atoms with van der Waals surface area (Å²) in [4.78, 5) is 12.3. The summed E-state index contributed by atoms with van der Waals surface area (Å²) >= 11 is 0. The minimum absolute atomic E-state index is 0.133. The van der Waals surface area contributed by atoms with Crippen LogP contribution in [0, 0.1) is 0 Å². The van der Waals surface area contributed by atoms with Gasteiger partial charge in [-0.25, -0.2) is 0 Å². The molecule has 3 rings (SSSR count). The van der Waals surface area contributed by atoms with Crippen LogP contribution in [-0.4, -0.2) is 17.6 Å². The third-order valence-corrected chi connectivity index (χ3v) is 3.48. The maximum atomic E-state index is 12.3. The normalized spacial score (nSPS) is 10.8. The molecule has 1 amide bonds. The standard InChI is InChI=1S/C16H16N2O3/c1-18-13-6-7-21-15(13)9-14(18)16(19)17-10-11-4-3-5-12(8-11)20-2/h3-9H,10H2,1-2H3,(H,17,19). The second kappa shape index (κ2) is 5.36. The van der Waals surface area contributed by atoms with E-state index in [4.69, 9.17) is 9.15 Å².